The lowest BCUT2D eigenvalue weighted by Gasteiger charge is -2.11. The van der Waals surface area contributed by atoms with Gasteiger partial charge in [-0.15, -0.1) is 6.58 Å². The molecule has 0 aliphatic rings. The molecule has 0 saturated carbocycles. The van der Waals surface area contributed by atoms with E-state index in [-0.39, 0.29) is 5.91 Å². The van der Waals surface area contributed by atoms with Crippen molar-refractivity contribution in [2.75, 3.05) is 19.8 Å². The van der Waals surface area contributed by atoms with E-state index in [0.29, 0.717) is 31.3 Å². The van der Waals surface area contributed by atoms with Crippen molar-refractivity contribution in [1.82, 2.24) is 5.32 Å². The quantitative estimate of drug-likeness (QED) is 0.586. The fourth-order valence-corrected chi connectivity index (χ4v) is 1.57. The lowest BCUT2D eigenvalue weighted by Crippen LogP contribution is -2.20. The van der Waals surface area contributed by atoms with E-state index >= 15 is 0 Å². The number of benzene rings is 1. The summed E-state index contributed by atoms with van der Waals surface area (Å²) in [5.74, 6) is 1.24. The van der Waals surface area contributed by atoms with Crippen molar-refractivity contribution in [3.63, 3.8) is 0 Å². The molecule has 0 spiro atoms. The fourth-order valence-electron chi connectivity index (χ4n) is 1.57. The Morgan fingerprint density at radius 2 is 1.95 bits per heavy atom. The lowest BCUT2D eigenvalue weighted by molar-refractivity contribution is -0.116. The van der Waals surface area contributed by atoms with Gasteiger partial charge in [-0.05, 0) is 37.6 Å². The van der Waals surface area contributed by atoms with Crippen LogP contribution in [-0.4, -0.2) is 25.7 Å². The van der Waals surface area contributed by atoms with Crippen molar-refractivity contribution >= 4 is 12.0 Å². The van der Waals surface area contributed by atoms with Gasteiger partial charge in [0.25, 0.3) is 0 Å². The van der Waals surface area contributed by atoms with Crippen LogP contribution in [0, 0.1) is 0 Å². The van der Waals surface area contributed by atoms with Crippen LogP contribution in [0.25, 0.3) is 6.08 Å². The van der Waals surface area contributed by atoms with Gasteiger partial charge in [0.05, 0.1) is 13.2 Å². The summed E-state index contributed by atoms with van der Waals surface area (Å²) in [6, 6.07) is 5.58. The Balaban J connectivity index is 2.80. The number of carbonyl (C=O) groups is 1. The summed E-state index contributed by atoms with van der Waals surface area (Å²) in [5, 5.41) is 2.67. The van der Waals surface area contributed by atoms with Crippen molar-refractivity contribution in [1.29, 1.82) is 0 Å². The van der Waals surface area contributed by atoms with E-state index in [1.807, 2.05) is 32.0 Å². The van der Waals surface area contributed by atoms with Crippen LogP contribution in [0.2, 0.25) is 0 Å². The molecule has 0 aliphatic heterocycles. The number of ether oxygens (including phenoxy) is 2. The van der Waals surface area contributed by atoms with Crippen LogP contribution < -0.4 is 14.8 Å². The summed E-state index contributed by atoms with van der Waals surface area (Å²) in [5.41, 5.74) is 0.880. The summed E-state index contributed by atoms with van der Waals surface area (Å²) >= 11 is 0. The van der Waals surface area contributed by atoms with Crippen molar-refractivity contribution in [2.45, 2.75) is 13.8 Å². The predicted molar refractivity (Wildman–Crippen MR) is 81.0 cm³/mol. The normalized spacial score (nSPS) is 10.3. The first-order valence-corrected chi connectivity index (χ1v) is 6.67. The van der Waals surface area contributed by atoms with Gasteiger partial charge >= 0.3 is 0 Å². The van der Waals surface area contributed by atoms with Gasteiger partial charge < -0.3 is 14.8 Å². The minimum absolute atomic E-state index is 0.156. The predicted octanol–water partition coefficient (Wildman–Crippen LogP) is 2.80. The molecule has 4 heteroatoms. The van der Waals surface area contributed by atoms with Gasteiger partial charge in [-0.1, -0.05) is 12.1 Å². The van der Waals surface area contributed by atoms with E-state index in [4.69, 9.17) is 9.47 Å². The summed E-state index contributed by atoms with van der Waals surface area (Å²) in [6.07, 6.45) is 4.85. The molecule has 0 aromatic heterocycles. The summed E-state index contributed by atoms with van der Waals surface area (Å²) < 4.78 is 11.0. The Kier molecular flexibility index (Phi) is 6.96. The second kappa shape index (κ2) is 8.80. The van der Waals surface area contributed by atoms with E-state index in [2.05, 4.69) is 11.9 Å². The molecule has 0 aliphatic carbocycles. The molecule has 1 aromatic carbocycles. The largest absolute Gasteiger partial charge is 0.490 e. The molecule has 0 bridgehead atoms. The van der Waals surface area contributed by atoms with Gasteiger partial charge in [0, 0.05) is 12.6 Å². The van der Waals surface area contributed by atoms with Gasteiger partial charge in [0.1, 0.15) is 0 Å². The van der Waals surface area contributed by atoms with Crippen LogP contribution >= 0.6 is 0 Å². The van der Waals surface area contributed by atoms with Gasteiger partial charge in [-0.3, -0.25) is 4.79 Å². The van der Waals surface area contributed by atoms with E-state index in [9.17, 15) is 4.79 Å². The molecule has 1 N–H and O–H groups in total. The zero-order chi connectivity index (χ0) is 14.8. The molecule has 0 fully saturated rings. The Morgan fingerprint density at radius 3 is 2.60 bits per heavy atom. The monoisotopic (exact) mass is 275 g/mol. The molecule has 4 nitrogen and oxygen atoms in total. The van der Waals surface area contributed by atoms with Crippen LogP contribution in [0.4, 0.5) is 0 Å². The maximum atomic E-state index is 11.5. The maximum absolute atomic E-state index is 11.5. The molecule has 1 rings (SSSR count). The number of rotatable bonds is 8. The highest BCUT2D eigenvalue weighted by molar-refractivity contribution is 5.91. The summed E-state index contributed by atoms with van der Waals surface area (Å²) in [4.78, 5) is 11.5. The molecule has 0 saturated heterocycles. The maximum Gasteiger partial charge on any atom is 0.244 e. The van der Waals surface area contributed by atoms with Crippen LogP contribution in [-0.2, 0) is 4.79 Å². The van der Waals surface area contributed by atoms with E-state index < -0.39 is 0 Å². The second-order valence-corrected chi connectivity index (χ2v) is 3.94. The Hall–Kier alpha value is -2.23. The number of nitrogens with one attached hydrogen (secondary N) is 1. The van der Waals surface area contributed by atoms with Crippen molar-refractivity contribution < 1.29 is 14.3 Å². The Morgan fingerprint density at radius 1 is 1.25 bits per heavy atom. The zero-order valence-corrected chi connectivity index (χ0v) is 12.0. The standard InChI is InChI=1S/C16H21NO3/c1-4-11-17-16(18)10-8-13-7-9-14(19-5-2)15(12-13)20-6-3/h4,7-10,12H,1,5-6,11H2,2-3H3,(H,17,18)/b10-8+. The first-order chi connectivity index (χ1) is 9.71. The molecular formula is C16H21NO3. The minimum Gasteiger partial charge on any atom is -0.490 e. The average molecular weight is 275 g/mol. The number of carbonyl (C=O) groups excluding carboxylic acids is 1. The van der Waals surface area contributed by atoms with E-state index in [1.165, 1.54) is 6.08 Å². The third kappa shape index (κ3) is 5.18. The topological polar surface area (TPSA) is 47.6 Å². The van der Waals surface area contributed by atoms with Gasteiger partial charge in [0.15, 0.2) is 11.5 Å². The van der Waals surface area contributed by atoms with Gasteiger partial charge in [0.2, 0.25) is 5.91 Å². The van der Waals surface area contributed by atoms with Gasteiger partial charge in [-0.25, -0.2) is 0 Å². The smallest absolute Gasteiger partial charge is 0.244 e. The molecule has 0 heterocycles. The molecule has 1 amide bonds. The first kappa shape index (κ1) is 15.8. The van der Waals surface area contributed by atoms with E-state index in [0.717, 1.165) is 5.56 Å². The van der Waals surface area contributed by atoms with Crippen LogP contribution in [0.5, 0.6) is 11.5 Å². The fraction of sp³-hybridized carbons (Fsp3) is 0.312. The van der Waals surface area contributed by atoms with Crippen molar-refractivity contribution in [2.24, 2.45) is 0 Å². The molecule has 0 radical (unpaired) electrons. The number of hydrogen-bond donors (Lipinski definition) is 1. The molecule has 1 aromatic rings. The highest BCUT2D eigenvalue weighted by Gasteiger charge is 2.04. The molecule has 108 valence electrons. The van der Waals surface area contributed by atoms with Crippen molar-refractivity contribution in [3.05, 3.63) is 42.5 Å². The summed E-state index contributed by atoms with van der Waals surface area (Å²) in [6.45, 7) is 8.98. The Bertz CT molecular complexity index is 481. The first-order valence-electron chi connectivity index (χ1n) is 6.67. The number of hydrogen-bond acceptors (Lipinski definition) is 3. The highest BCUT2D eigenvalue weighted by Crippen LogP contribution is 2.28. The molecule has 0 atom stereocenters. The SMILES string of the molecule is C=CCNC(=O)/C=C/c1ccc(OCC)c(OCC)c1. The zero-order valence-electron chi connectivity index (χ0n) is 12.0. The molecular weight excluding hydrogens is 254 g/mol. The minimum atomic E-state index is -0.156. The average Bonchev–Trinajstić information content (AvgIpc) is 2.45. The van der Waals surface area contributed by atoms with Crippen LogP contribution in [0.3, 0.4) is 0 Å². The van der Waals surface area contributed by atoms with Crippen LogP contribution in [0.1, 0.15) is 19.4 Å². The molecule has 0 unspecified atom stereocenters. The Labute approximate surface area is 120 Å². The van der Waals surface area contributed by atoms with Crippen molar-refractivity contribution in [3.8, 4) is 11.5 Å². The third-order valence-electron chi connectivity index (χ3n) is 2.42. The highest BCUT2D eigenvalue weighted by atomic mass is 16.5. The molecule has 20 heavy (non-hydrogen) atoms. The van der Waals surface area contributed by atoms with E-state index in [1.54, 1.807) is 12.2 Å². The third-order valence-corrected chi connectivity index (χ3v) is 2.42. The van der Waals surface area contributed by atoms with Crippen LogP contribution in [0.15, 0.2) is 36.9 Å². The number of amides is 1. The summed E-state index contributed by atoms with van der Waals surface area (Å²) in [7, 11) is 0. The second-order valence-electron chi connectivity index (χ2n) is 3.94. The van der Waals surface area contributed by atoms with Gasteiger partial charge in [-0.2, -0.15) is 0 Å². The lowest BCUT2D eigenvalue weighted by atomic mass is 10.2.